The summed E-state index contributed by atoms with van der Waals surface area (Å²) < 4.78 is 0. The summed E-state index contributed by atoms with van der Waals surface area (Å²) in [6.45, 7) is 1.11. The van der Waals surface area contributed by atoms with Crippen molar-refractivity contribution in [1.82, 2.24) is 9.88 Å². The third-order valence-corrected chi connectivity index (χ3v) is 5.10. The van der Waals surface area contributed by atoms with E-state index in [0.717, 1.165) is 12.0 Å². The van der Waals surface area contributed by atoms with E-state index >= 15 is 0 Å². The largest absolute Gasteiger partial charge is 0.508 e. The molecule has 6 heteroatoms. The lowest BCUT2D eigenvalue weighted by atomic mass is 9.86. The average molecular weight is 380 g/mol. The molecule has 0 unspecified atom stereocenters. The third-order valence-electron chi connectivity index (χ3n) is 5.10. The number of pyridine rings is 1. The summed E-state index contributed by atoms with van der Waals surface area (Å²) in [5.41, 5.74) is 1.39. The SMILES string of the molecule is O=C(O)CC/C=C\C[C@H]1CN(C(=O)c2cccnc2)C[C@H]1c1ccccc1O. The molecule has 1 aromatic heterocycles. The fraction of sp³-hybridized carbons (Fsp3) is 0.318. The minimum atomic E-state index is -0.814. The van der Waals surface area contributed by atoms with Crippen LogP contribution in [0.25, 0.3) is 0 Å². The van der Waals surface area contributed by atoms with E-state index in [1.807, 2.05) is 29.2 Å². The van der Waals surface area contributed by atoms with Gasteiger partial charge in [-0.15, -0.1) is 0 Å². The van der Waals surface area contributed by atoms with E-state index in [4.69, 9.17) is 5.11 Å². The number of amides is 1. The minimum Gasteiger partial charge on any atom is -0.508 e. The van der Waals surface area contributed by atoms with Crippen molar-refractivity contribution in [3.63, 3.8) is 0 Å². The molecule has 2 aromatic rings. The maximum Gasteiger partial charge on any atom is 0.303 e. The Morgan fingerprint density at radius 1 is 1.14 bits per heavy atom. The maximum absolute atomic E-state index is 12.8. The number of phenolic OH excluding ortho intramolecular Hbond substituents is 1. The number of benzene rings is 1. The number of para-hydroxylation sites is 1. The molecule has 3 rings (SSSR count). The van der Waals surface area contributed by atoms with Crippen molar-refractivity contribution in [3.05, 3.63) is 72.1 Å². The fourth-order valence-electron chi connectivity index (χ4n) is 3.70. The summed E-state index contributed by atoms with van der Waals surface area (Å²) in [5, 5.41) is 19.0. The summed E-state index contributed by atoms with van der Waals surface area (Å²) >= 11 is 0. The van der Waals surface area contributed by atoms with E-state index in [-0.39, 0.29) is 29.9 Å². The number of nitrogens with zero attached hydrogens (tertiary/aromatic N) is 2. The molecule has 146 valence electrons. The zero-order chi connectivity index (χ0) is 19.9. The number of allylic oxidation sites excluding steroid dienone is 2. The highest BCUT2D eigenvalue weighted by Gasteiger charge is 2.36. The second kappa shape index (κ2) is 9.17. The van der Waals surface area contributed by atoms with Gasteiger partial charge in [-0.05, 0) is 42.5 Å². The number of carbonyl (C=O) groups is 2. The number of hydrogen-bond donors (Lipinski definition) is 2. The van der Waals surface area contributed by atoms with Gasteiger partial charge in [0.2, 0.25) is 0 Å². The van der Waals surface area contributed by atoms with Gasteiger partial charge in [0.15, 0.2) is 0 Å². The molecule has 1 aromatic carbocycles. The number of carbonyl (C=O) groups excluding carboxylic acids is 1. The van der Waals surface area contributed by atoms with Gasteiger partial charge in [0.1, 0.15) is 5.75 Å². The molecule has 1 amide bonds. The molecule has 1 aliphatic heterocycles. The molecule has 0 saturated carbocycles. The molecule has 0 radical (unpaired) electrons. The van der Waals surface area contributed by atoms with Crippen molar-refractivity contribution in [1.29, 1.82) is 0 Å². The lowest BCUT2D eigenvalue weighted by Gasteiger charge is -2.18. The third kappa shape index (κ3) is 4.76. The van der Waals surface area contributed by atoms with Crippen LogP contribution in [0, 0.1) is 5.92 Å². The predicted octanol–water partition coefficient (Wildman–Crippen LogP) is 3.45. The van der Waals surface area contributed by atoms with E-state index < -0.39 is 5.97 Å². The molecular weight excluding hydrogens is 356 g/mol. The Morgan fingerprint density at radius 3 is 2.68 bits per heavy atom. The van der Waals surface area contributed by atoms with E-state index in [9.17, 15) is 14.7 Å². The van der Waals surface area contributed by atoms with Crippen LogP contribution in [0.5, 0.6) is 5.75 Å². The quantitative estimate of drug-likeness (QED) is 0.718. The number of aromatic hydroxyl groups is 1. The molecule has 28 heavy (non-hydrogen) atoms. The first-order valence-corrected chi connectivity index (χ1v) is 9.40. The van der Waals surface area contributed by atoms with Gasteiger partial charge < -0.3 is 15.1 Å². The van der Waals surface area contributed by atoms with Gasteiger partial charge >= 0.3 is 5.97 Å². The number of rotatable bonds is 7. The molecule has 6 nitrogen and oxygen atoms in total. The van der Waals surface area contributed by atoms with E-state index in [1.165, 1.54) is 0 Å². The zero-order valence-electron chi connectivity index (χ0n) is 15.6. The van der Waals surface area contributed by atoms with E-state index in [1.54, 1.807) is 36.7 Å². The predicted molar refractivity (Wildman–Crippen MR) is 105 cm³/mol. The van der Waals surface area contributed by atoms with Crippen LogP contribution in [-0.2, 0) is 4.79 Å². The maximum atomic E-state index is 12.8. The van der Waals surface area contributed by atoms with Gasteiger partial charge in [0, 0.05) is 37.8 Å². The van der Waals surface area contributed by atoms with E-state index in [0.29, 0.717) is 25.1 Å². The lowest BCUT2D eigenvalue weighted by Crippen LogP contribution is -2.29. The van der Waals surface area contributed by atoms with Gasteiger partial charge in [0.05, 0.1) is 5.56 Å². The van der Waals surface area contributed by atoms with Crippen molar-refractivity contribution >= 4 is 11.9 Å². The highest BCUT2D eigenvalue weighted by Crippen LogP contribution is 2.39. The first kappa shape index (κ1) is 19.6. The topological polar surface area (TPSA) is 90.7 Å². The summed E-state index contributed by atoms with van der Waals surface area (Å²) in [4.78, 5) is 29.3. The second-order valence-corrected chi connectivity index (χ2v) is 7.02. The molecule has 2 atom stereocenters. The van der Waals surface area contributed by atoms with Gasteiger partial charge in [-0.3, -0.25) is 14.6 Å². The van der Waals surface area contributed by atoms with Crippen LogP contribution in [0.1, 0.15) is 41.1 Å². The number of likely N-dealkylation sites (tertiary alicyclic amines) is 1. The lowest BCUT2D eigenvalue weighted by molar-refractivity contribution is -0.136. The van der Waals surface area contributed by atoms with Crippen molar-refractivity contribution in [2.45, 2.75) is 25.2 Å². The monoisotopic (exact) mass is 380 g/mol. The Morgan fingerprint density at radius 2 is 1.96 bits per heavy atom. The summed E-state index contributed by atoms with van der Waals surface area (Å²) in [5.74, 6) is -0.472. The average Bonchev–Trinajstić information content (AvgIpc) is 3.12. The smallest absolute Gasteiger partial charge is 0.303 e. The molecule has 2 N–H and O–H groups in total. The van der Waals surface area contributed by atoms with Crippen LogP contribution in [0.4, 0.5) is 0 Å². The Balaban J connectivity index is 1.75. The highest BCUT2D eigenvalue weighted by molar-refractivity contribution is 5.94. The van der Waals surface area contributed by atoms with Crippen LogP contribution >= 0.6 is 0 Å². The number of aromatic nitrogens is 1. The van der Waals surface area contributed by atoms with Crippen LogP contribution in [-0.4, -0.2) is 45.1 Å². The second-order valence-electron chi connectivity index (χ2n) is 7.02. The van der Waals surface area contributed by atoms with Gasteiger partial charge in [-0.25, -0.2) is 0 Å². The Kier molecular flexibility index (Phi) is 6.42. The molecule has 0 bridgehead atoms. The first-order chi connectivity index (χ1) is 13.6. The summed E-state index contributed by atoms with van der Waals surface area (Å²) in [7, 11) is 0. The van der Waals surface area contributed by atoms with Crippen molar-refractivity contribution in [2.24, 2.45) is 5.92 Å². The highest BCUT2D eigenvalue weighted by atomic mass is 16.4. The van der Waals surface area contributed by atoms with Crippen LogP contribution in [0.3, 0.4) is 0 Å². The van der Waals surface area contributed by atoms with Crippen molar-refractivity contribution in [3.8, 4) is 5.75 Å². The number of aliphatic carboxylic acids is 1. The molecule has 1 saturated heterocycles. The molecule has 0 aliphatic carbocycles. The molecule has 1 aliphatic rings. The van der Waals surface area contributed by atoms with Crippen LogP contribution in [0.2, 0.25) is 0 Å². The molecule has 2 heterocycles. The number of phenols is 1. The Bertz CT molecular complexity index is 851. The normalized spacial score (nSPS) is 19.2. The van der Waals surface area contributed by atoms with Gasteiger partial charge in [-0.1, -0.05) is 30.4 Å². The zero-order valence-corrected chi connectivity index (χ0v) is 15.6. The van der Waals surface area contributed by atoms with Crippen molar-refractivity contribution in [2.75, 3.05) is 13.1 Å². The Labute approximate surface area is 164 Å². The standard InChI is InChI=1S/C22H24N2O4/c25-20-10-5-4-9-18(20)19-15-24(22(28)16-8-6-12-23-13-16)14-17(19)7-2-1-3-11-21(26)27/h1-2,4-6,8-10,12-13,17,19,25H,3,7,11,14-15H2,(H,26,27)/b2-1-/t17-,19+/m0/s1. The van der Waals surface area contributed by atoms with Gasteiger partial charge in [-0.2, -0.15) is 0 Å². The number of hydrogen-bond acceptors (Lipinski definition) is 4. The molecular formula is C22H24N2O4. The van der Waals surface area contributed by atoms with Gasteiger partial charge in [0.25, 0.3) is 5.91 Å². The molecule has 1 fully saturated rings. The van der Waals surface area contributed by atoms with Crippen LogP contribution in [0.15, 0.2) is 60.9 Å². The molecule has 0 spiro atoms. The fourth-order valence-corrected chi connectivity index (χ4v) is 3.70. The van der Waals surface area contributed by atoms with Crippen LogP contribution < -0.4 is 0 Å². The number of carboxylic acids is 1. The minimum absolute atomic E-state index is 0.0194. The first-order valence-electron chi connectivity index (χ1n) is 9.40. The number of carboxylic acid groups (broad SMARTS) is 1. The van der Waals surface area contributed by atoms with E-state index in [2.05, 4.69) is 4.98 Å². The van der Waals surface area contributed by atoms with Crippen molar-refractivity contribution < 1.29 is 19.8 Å². The summed E-state index contributed by atoms with van der Waals surface area (Å²) in [6, 6.07) is 10.7. The Hall–Kier alpha value is -3.15. The summed E-state index contributed by atoms with van der Waals surface area (Å²) in [6.07, 6.45) is 8.37.